The fourth-order valence-electron chi connectivity index (χ4n) is 0.969. The van der Waals surface area contributed by atoms with Crippen LogP contribution < -0.4 is 5.32 Å². The molecule has 0 saturated carbocycles. The monoisotopic (exact) mass is 185 g/mol. The summed E-state index contributed by atoms with van der Waals surface area (Å²) in [6.45, 7) is -0.360. The number of carboxylic acid groups (broad SMARTS) is 1. The van der Waals surface area contributed by atoms with Gasteiger partial charge >= 0.3 is 5.97 Å². The van der Waals surface area contributed by atoms with Gasteiger partial charge in [0.25, 0.3) is 0 Å². The molecule has 0 radical (unpaired) electrons. The zero-order chi connectivity index (χ0) is 9.68. The fraction of sp³-hybridized carbons (Fsp3) is 0.429. The van der Waals surface area contributed by atoms with Crippen LogP contribution in [-0.2, 0) is 11.2 Å². The SMILES string of the molecule is O=C(O)C(Cc1c[nH]cn1)NCO. The van der Waals surface area contributed by atoms with Gasteiger partial charge in [-0.25, -0.2) is 4.98 Å². The summed E-state index contributed by atoms with van der Waals surface area (Å²) >= 11 is 0. The number of imidazole rings is 1. The predicted molar refractivity (Wildman–Crippen MR) is 43.9 cm³/mol. The van der Waals surface area contributed by atoms with E-state index < -0.39 is 12.0 Å². The number of aromatic amines is 1. The van der Waals surface area contributed by atoms with Crippen molar-refractivity contribution in [2.24, 2.45) is 0 Å². The van der Waals surface area contributed by atoms with E-state index in [-0.39, 0.29) is 13.2 Å². The molecule has 0 aliphatic carbocycles. The Labute approximate surface area is 74.6 Å². The van der Waals surface area contributed by atoms with E-state index in [4.69, 9.17) is 10.2 Å². The van der Waals surface area contributed by atoms with Gasteiger partial charge in [0.05, 0.1) is 18.8 Å². The molecule has 0 bridgehead atoms. The van der Waals surface area contributed by atoms with Crippen LogP contribution in [0.5, 0.6) is 0 Å². The van der Waals surface area contributed by atoms with Gasteiger partial charge in [0.2, 0.25) is 0 Å². The summed E-state index contributed by atoms with van der Waals surface area (Å²) in [5, 5.41) is 19.6. The number of aliphatic carboxylic acids is 1. The van der Waals surface area contributed by atoms with Crippen molar-refractivity contribution in [2.45, 2.75) is 12.5 Å². The van der Waals surface area contributed by atoms with E-state index in [0.717, 1.165) is 0 Å². The van der Waals surface area contributed by atoms with Crippen LogP contribution in [0.3, 0.4) is 0 Å². The van der Waals surface area contributed by atoms with Gasteiger partial charge in [-0.15, -0.1) is 0 Å². The smallest absolute Gasteiger partial charge is 0.321 e. The summed E-state index contributed by atoms with van der Waals surface area (Å²) in [6.07, 6.45) is 3.35. The molecule has 13 heavy (non-hydrogen) atoms. The highest BCUT2D eigenvalue weighted by Gasteiger charge is 2.17. The van der Waals surface area contributed by atoms with Crippen molar-refractivity contribution < 1.29 is 15.0 Å². The number of rotatable bonds is 5. The number of aliphatic hydroxyl groups is 1. The first-order valence-corrected chi connectivity index (χ1v) is 3.78. The number of carbonyl (C=O) groups is 1. The van der Waals surface area contributed by atoms with Gasteiger partial charge in [-0.1, -0.05) is 0 Å². The van der Waals surface area contributed by atoms with E-state index >= 15 is 0 Å². The van der Waals surface area contributed by atoms with E-state index in [1.807, 2.05) is 0 Å². The van der Waals surface area contributed by atoms with Crippen LogP contribution in [0.25, 0.3) is 0 Å². The third kappa shape index (κ3) is 2.85. The van der Waals surface area contributed by atoms with Gasteiger partial charge in [-0.3, -0.25) is 10.1 Å². The van der Waals surface area contributed by atoms with Gasteiger partial charge in [-0.05, 0) is 0 Å². The Hall–Kier alpha value is -1.40. The summed E-state index contributed by atoms with van der Waals surface area (Å²) in [5.41, 5.74) is 0.647. The largest absolute Gasteiger partial charge is 0.480 e. The first-order chi connectivity index (χ1) is 6.24. The van der Waals surface area contributed by atoms with E-state index in [2.05, 4.69) is 15.3 Å². The summed E-state index contributed by atoms with van der Waals surface area (Å²) < 4.78 is 0. The topological polar surface area (TPSA) is 98.2 Å². The van der Waals surface area contributed by atoms with Gasteiger partial charge in [0.1, 0.15) is 6.04 Å². The molecule has 1 aromatic heterocycles. The van der Waals surface area contributed by atoms with Crippen LogP contribution in [0, 0.1) is 0 Å². The van der Waals surface area contributed by atoms with Crippen LogP contribution in [0.15, 0.2) is 12.5 Å². The molecule has 0 saturated heterocycles. The summed E-state index contributed by atoms with van der Waals surface area (Å²) in [7, 11) is 0. The molecule has 0 aliphatic rings. The zero-order valence-corrected chi connectivity index (χ0v) is 6.90. The highest BCUT2D eigenvalue weighted by molar-refractivity contribution is 5.73. The van der Waals surface area contributed by atoms with Crippen LogP contribution in [-0.4, -0.2) is 38.9 Å². The van der Waals surface area contributed by atoms with E-state index in [1.165, 1.54) is 6.33 Å². The Morgan fingerprint density at radius 2 is 2.54 bits per heavy atom. The van der Waals surface area contributed by atoms with Crippen molar-refractivity contribution in [1.29, 1.82) is 0 Å². The molecule has 1 unspecified atom stereocenters. The molecule has 6 nitrogen and oxygen atoms in total. The average molecular weight is 185 g/mol. The zero-order valence-electron chi connectivity index (χ0n) is 6.90. The lowest BCUT2D eigenvalue weighted by Crippen LogP contribution is -2.39. The molecule has 0 aromatic carbocycles. The molecule has 1 heterocycles. The van der Waals surface area contributed by atoms with Gasteiger partial charge in [0.15, 0.2) is 0 Å². The van der Waals surface area contributed by atoms with Crippen molar-refractivity contribution in [3.63, 3.8) is 0 Å². The number of aliphatic hydroxyl groups excluding tert-OH is 1. The second-order valence-electron chi connectivity index (χ2n) is 2.52. The molecule has 1 rings (SSSR count). The van der Waals surface area contributed by atoms with Crippen LogP contribution in [0.4, 0.5) is 0 Å². The second-order valence-corrected chi connectivity index (χ2v) is 2.52. The average Bonchev–Trinajstić information content (AvgIpc) is 2.56. The first kappa shape index (κ1) is 9.69. The lowest BCUT2D eigenvalue weighted by molar-refractivity contribution is -0.139. The Morgan fingerprint density at radius 1 is 1.77 bits per heavy atom. The van der Waals surface area contributed by atoms with Gasteiger partial charge in [0, 0.05) is 12.6 Å². The molecule has 72 valence electrons. The minimum Gasteiger partial charge on any atom is -0.480 e. The number of nitrogens with zero attached hydrogens (tertiary/aromatic N) is 1. The van der Waals surface area contributed by atoms with Gasteiger partial charge < -0.3 is 15.2 Å². The standard InChI is InChI=1S/C7H11N3O3/c11-4-10-6(7(12)13)1-5-2-8-3-9-5/h2-3,6,10-11H,1,4H2,(H,8,9)(H,12,13). The molecule has 0 fully saturated rings. The molecular formula is C7H11N3O3. The van der Waals surface area contributed by atoms with Crippen molar-refractivity contribution in [1.82, 2.24) is 15.3 Å². The summed E-state index contributed by atoms with van der Waals surface area (Å²) in [4.78, 5) is 17.2. The maximum atomic E-state index is 10.6. The lowest BCUT2D eigenvalue weighted by atomic mass is 10.2. The molecule has 0 aliphatic heterocycles. The van der Waals surface area contributed by atoms with Crippen molar-refractivity contribution in [2.75, 3.05) is 6.73 Å². The van der Waals surface area contributed by atoms with E-state index in [0.29, 0.717) is 5.69 Å². The molecule has 6 heteroatoms. The number of hydrogen-bond acceptors (Lipinski definition) is 4. The van der Waals surface area contributed by atoms with Crippen LogP contribution >= 0.6 is 0 Å². The first-order valence-electron chi connectivity index (χ1n) is 3.78. The number of hydrogen-bond donors (Lipinski definition) is 4. The molecule has 1 aromatic rings. The maximum absolute atomic E-state index is 10.6. The molecule has 1 atom stereocenters. The van der Waals surface area contributed by atoms with Crippen LogP contribution in [0.1, 0.15) is 5.69 Å². The quantitative estimate of drug-likeness (QED) is 0.438. The number of carboxylic acids is 1. The minimum atomic E-state index is -1.00. The third-order valence-electron chi connectivity index (χ3n) is 1.60. The van der Waals surface area contributed by atoms with E-state index in [9.17, 15) is 4.79 Å². The molecular weight excluding hydrogens is 174 g/mol. The summed E-state index contributed by atoms with van der Waals surface area (Å²) in [5.74, 6) is -1.00. The van der Waals surface area contributed by atoms with Crippen molar-refractivity contribution in [3.05, 3.63) is 18.2 Å². The Bertz CT molecular complexity index is 260. The van der Waals surface area contributed by atoms with Crippen molar-refractivity contribution in [3.8, 4) is 0 Å². The summed E-state index contributed by atoms with van der Waals surface area (Å²) in [6, 6.07) is -0.798. The Balaban J connectivity index is 2.52. The molecule has 0 spiro atoms. The van der Waals surface area contributed by atoms with E-state index in [1.54, 1.807) is 6.20 Å². The number of H-pyrrole nitrogens is 1. The minimum absolute atomic E-state index is 0.249. The fourth-order valence-corrected chi connectivity index (χ4v) is 0.969. The second kappa shape index (κ2) is 4.58. The molecule has 0 amide bonds. The van der Waals surface area contributed by atoms with Crippen molar-refractivity contribution >= 4 is 5.97 Å². The Kier molecular flexibility index (Phi) is 3.41. The maximum Gasteiger partial charge on any atom is 0.321 e. The highest BCUT2D eigenvalue weighted by Crippen LogP contribution is 1.97. The Morgan fingerprint density at radius 3 is 3.00 bits per heavy atom. The molecule has 4 N–H and O–H groups in total. The normalized spacial score (nSPS) is 12.7. The van der Waals surface area contributed by atoms with Gasteiger partial charge in [-0.2, -0.15) is 0 Å². The third-order valence-corrected chi connectivity index (χ3v) is 1.60. The number of nitrogens with one attached hydrogen (secondary N) is 2. The predicted octanol–water partition coefficient (Wildman–Crippen LogP) is -1.06. The lowest BCUT2D eigenvalue weighted by Gasteiger charge is -2.10. The number of aromatic nitrogens is 2. The van der Waals surface area contributed by atoms with Crippen LogP contribution in [0.2, 0.25) is 0 Å². The highest BCUT2D eigenvalue weighted by atomic mass is 16.4.